The summed E-state index contributed by atoms with van der Waals surface area (Å²) in [6, 6.07) is 4.70. The Hall–Kier alpha value is -1.48. The van der Waals surface area contributed by atoms with E-state index in [0.29, 0.717) is 45.0 Å². The standard InChI is InChI=1S/C19H30N2O5S/c1-3-4-11-25-12-5-8-20-19(22)18-15-17(7-6-16(18)2)27(23,24)21-9-13-26-14-10-21/h6-7,15H,3-5,8-14H2,1-2H3,(H,20,22). The van der Waals surface area contributed by atoms with E-state index in [0.717, 1.165) is 31.4 Å². The lowest BCUT2D eigenvalue weighted by Crippen LogP contribution is -2.40. The van der Waals surface area contributed by atoms with E-state index in [2.05, 4.69) is 12.2 Å². The highest BCUT2D eigenvalue weighted by molar-refractivity contribution is 7.89. The fourth-order valence-electron chi connectivity index (χ4n) is 2.76. The first-order valence-corrected chi connectivity index (χ1v) is 11.0. The first-order chi connectivity index (χ1) is 13.0. The van der Waals surface area contributed by atoms with E-state index in [1.807, 2.05) is 0 Å². The molecule has 1 heterocycles. The molecule has 0 bridgehead atoms. The van der Waals surface area contributed by atoms with Crippen molar-refractivity contribution in [2.45, 2.75) is 38.0 Å². The van der Waals surface area contributed by atoms with Gasteiger partial charge in [-0.3, -0.25) is 4.79 Å². The third-order valence-corrected chi connectivity index (χ3v) is 6.35. The van der Waals surface area contributed by atoms with Gasteiger partial charge in [-0.05, 0) is 37.5 Å². The largest absolute Gasteiger partial charge is 0.381 e. The van der Waals surface area contributed by atoms with Gasteiger partial charge in [0.2, 0.25) is 10.0 Å². The van der Waals surface area contributed by atoms with Crippen LogP contribution in [0.2, 0.25) is 0 Å². The van der Waals surface area contributed by atoms with Crippen LogP contribution in [0.5, 0.6) is 0 Å². The summed E-state index contributed by atoms with van der Waals surface area (Å²) in [4.78, 5) is 12.6. The van der Waals surface area contributed by atoms with Crippen molar-refractivity contribution < 1.29 is 22.7 Å². The predicted molar refractivity (Wildman–Crippen MR) is 103 cm³/mol. The molecule has 2 rings (SSSR count). The highest BCUT2D eigenvalue weighted by Gasteiger charge is 2.27. The van der Waals surface area contributed by atoms with Crippen LogP contribution in [-0.2, 0) is 19.5 Å². The van der Waals surface area contributed by atoms with Gasteiger partial charge in [0.15, 0.2) is 0 Å². The number of nitrogens with one attached hydrogen (secondary N) is 1. The average molecular weight is 399 g/mol. The van der Waals surface area contributed by atoms with Gasteiger partial charge in [0.25, 0.3) is 5.91 Å². The molecule has 0 radical (unpaired) electrons. The van der Waals surface area contributed by atoms with Crippen LogP contribution in [0.25, 0.3) is 0 Å². The van der Waals surface area contributed by atoms with Gasteiger partial charge in [-0.25, -0.2) is 8.42 Å². The Balaban J connectivity index is 1.96. The molecule has 152 valence electrons. The number of ether oxygens (including phenoxy) is 2. The highest BCUT2D eigenvalue weighted by atomic mass is 32.2. The Bertz CT molecular complexity index is 715. The quantitative estimate of drug-likeness (QED) is 0.609. The summed E-state index contributed by atoms with van der Waals surface area (Å²) in [5.41, 5.74) is 1.13. The van der Waals surface area contributed by atoms with Gasteiger partial charge in [0, 0.05) is 38.4 Å². The Morgan fingerprint density at radius 1 is 1.22 bits per heavy atom. The molecule has 27 heavy (non-hydrogen) atoms. The zero-order valence-corrected chi connectivity index (χ0v) is 17.0. The van der Waals surface area contributed by atoms with Crippen LogP contribution < -0.4 is 5.32 Å². The SMILES string of the molecule is CCCCOCCCNC(=O)c1cc(S(=O)(=O)N2CCOCC2)ccc1C. The van der Waals surface area contributed by atoms with Crippen molar-refractivity contribution in [3.05, 3.63) is 29.3 Å². The van der Waals surface area contributed by atoms with E-state index in [9.17, 15) is 13.2 Å². The van der Waals surface area contributed by atoms with Crippen LogP contribution in [0, 0.1) is 6.92 Å². The lowest BCUT2D eigenvalue weighted by molar-refractivity contribution is 0.0730. The third kappa shape index (κ3) is 6.27. The van der Waals surface area contributed by atoms with Gasteiger partial charge < -0.3 is 14.8 Å². The lowest BCUT2D eigenvalue weighted by atomic mass is 10.1. The summed E-state index contributed by atoms with van der Waals surface area (Å²) < 4.78 is 37.6. The van der Waals surface area contributed by atoms with Crippen molar-refractivity contribution in [1.82, 2.24) is 9.62 Å². The Labute approximate surface area is 162 Å². The molecule has 0 aromatic heterocycles. The summed E-state index contributed by atoms with van der Waals surface area (Å²) in [7, 11) is -3.62. The fraction of sp³-hybridized carbons (Fsp3) is 0.632. The molecule has 1 aromatic carbocycles. The molecule has 1 aliphatic rings. The smallest absolute Gasteiger partial charge is 0.251 e. The van der Waals surface area contributed by atoms with Crippen LogP contribution in [0.4, 0.5) is 0 Å². The number of carbonyl (C=O) groups is 1. The van der Waals surface area contributed by atoms with Crippen LogP contribution in [0.3, 0.4) is 0 Å². The summed E-state index contributed by atoms with van der Waals surface area (Å²) >= 11 is 0. The van der Waals surface area contributed by atoms with Crippen LogP contribution in [-0.4, -0.2) is 64.7 Å². The van der Waals surface area contributed by atoms with E-state index < -0.39 is 10.0 Å². The molecule has 0 unspecified atom stereocenters. The minimum Gasteiger partial charge on any atom is -0.381 e. The second kappa shape index (κ2) is 10.8. The molecule has 0 saturated carbocycles. The van der Waals surface area contributed by atoms with E-state index in [1.165, 1.54) is 10.4 Å². The molecule has 1 amide bonds. The minimum absolute atomic E-state index is 0.142. The first kappa shape index (κ1) is 21.8. The molecule has 1 aliphatic heterocycles. The third-order valence-electron chi connectivity index (χ3n) is 4.45. The van der Waals surface area contributed by atoms with Crippen LogP contribution in [0.15, 0.2) is 23.1 Å². The number of aryl methyl sites for hydroxylation is 1. The maximum absolute atomic E-state index is 12.8. The monoisotopic (exact) mass is 398 g/mol. The molecule has 1 N–H and O–H groups in total. The molecular formula is C19H30N2O5S. The Morgan fingerprint density at radius 3 is 2.63 bits per heavy atom. The Morgan fingerprint density at radius 2 is 1.93 bits per heavy atom. The summed E-state index contributed by atoms with van der Waals surface area (Å²) in [6.45, 7) is 7.18. The summed E-state index contributed by atoms with van der Waals surface area (Å²) in [6.07, 6.45) is 2.86. The molecule has 0 atom stereocenters. The van der Waals surface area contributed by atoms with Gasteiger partial charge in [-0.1, -0.05) is 19.4 Å². The van der Waals surface area contributed by atoms with Crippen molar-refractivity contribution in [3.8, 4) is 0 Å². The maximum Gasteiger partial charge on any atom is 0.251 e. The lowest BCUT2D eigenvalue weighted by Gasteiger charge is -2.26. The van der Waals surface area contributed by atoms with E-state index in [1.54, 1.807) is 19.1 Å². The number of hydrogen-bond donors (Lipinski definition) is 1. The number of nitrogens with zero attached hydrogens (tertiary/aromatic N) is 1. The molecule has 0 spiro atoms. The number of rotatable bonds is 10. The van der Waals surface area contributed by atoms with Gasteiger partial charge in [0.1, 0.15) is 0 Å². The number of carbonyl (C=O) groups excluding carboxylic acids is 1. The molecule has 7 nitrogen and oxygen atoms in total. The van der Waals surface area contributed by atoms with E-state index in [-0.39, 0.29) is 10.8 Å². The molecular weight excluding hydrogens is 368 g/mol. The molecule has 1 fully saturated rings. The van der Waals surface area contributed by atoms with Gasteiger partial charge in [-0.2, -0.15) is 4.31 Å². The fourth-order valence-corrected chi connectivity index (χ4v) is 4.20. The van der Waals surface area contributed by atoms with E-state index >= 15 is 0 Å². The van der Waals surface area contributed by atoms with Crippen LogP contribution in [0.1, 0.15) is 42.1 Å². The summed E-state index contributed by atoms with van der Waals surface area (Å²) in [5, 5.41) is 2.84. The predicted octanol–water partition coefficient (Wildman–Crippen LogP) is 1.95. The number of hydrogen-bond acceptors (Lipinski definition) is 5. The molecule has 8 heteroatoms. The molecule has 1 saturated heterocycles. The van der Waals surface area contributed by atoms with Crippen molar-refractivity contribution >= 4 is 15.9 Å². The second-order valence-electron chi connectivity index (χ2n) is 6.57. The topological polar surface area (TPSA) is 84.9 Å². The van der Waals surface area contributed by atoms with Gasteiger partial charge in [-0.15, -0.1) is 0 Å². The Kier molecular flexibility index (Phi) is 8.69. The van der Waals surface area contributed by atoms with Crippen LogP contribution >= 0.6 is 0 Å². The number of unbranched alkanes of at least 4 members (excludes halogenated alkanes) is 1. The summed E-state index contributed by atoms with van der Waals surface area (Å²) in [5.74, 6) is -0.264. The van der Waals surface area contributed by atoms with Crippen molar-refractivity contribution in [2.24, 2.45) is 0 Å². The van der Waals surface area contributed by atoms with Crippen molar-refractivity contribution in [1.29, 1.82) is 0 Å². The number of amides is 1. The maximum atomic E-state index is 12.8. The zero-order valence-electron chi connectivity index (χ0n) is 16.2. The van der Waals surface area contributed by atoms with E-state index in [4.69, 9.17) is 9.47 Å². The first-order valence-electron chi connectivity index (χ1n) is 9.51. The number of morpholine rings is 1. The number of benzene rings is 1. The highest BCUT2D eigenvalue weighted by Crippen LogP contribution is 2.20. The molecule has 1 aromatic rings. The second-order valence-corrected chi connectivity index (χ2v) is 8.51. The van der Waals surface area contributed by atoms with Crippen molar-refractivity contribution in [3.63, 3.8) is 0 Å². The molecule has 0 aliphatic carbocycles. The van der Waals surface area contributed by atoms with Gasteiger partial charge >= 0.3 is 0 Å². The normalized spacial score (nSPS) is 15.6. The van der Waals surface area contributed by atoms with Crippen molar-refractivity contribution in [2.75, 3.05) is 46.1 Å². The zero-order chi connectivity index (χ0) is 19.7. The van der Waals surface area contributed by atoms with Gasteiger partial charge in [0.05, 0.1) is 18.1 Å². The minimum atomic E-state index is -3.62. The number of sulfonamides is 1. The average Bonchev–Trinajstić information content (AvgIpc) is 2.68.